The summed E-state index contributed by atoms with van der Waals surface area (Å²) in [4.78, 5) is 43.8. The molecule has 0 saturated heterocycles. The number of benzene rings is 2. The largest absolute Gasteiger partial charge is 0.453 e. The number of aromatic amines is 1. The lowest BCUT2D eigenvalue weighted by Crippen LogP contribution is -2.42. The van der Waals surface area contributed by atoms with Gasteiger partial charge in [-0.2, -0.15) is 5.10 Å². The van der Waals surface area contributed by atoms with Crippen LogP contribution in [0.5, 0.6) is 11.5 Å². The van der Waals surface area contributed by atoms with Crippen molar-refractivity contribution in [2.24, 2.45) is 0 Å². The fourth-order valence-corrected chi connectivity index (χ4v) is 4.48. The van der Waals surface area contributed by atoms with E-state index in [0.29, 0.717) is 23.3 Å². The standard InChI is InChI=1S/C30H29F2N7O5/c1-4-18(15-40)34-27-25-24(11-12-33-26(25)36-37-27)44-23-10-7-19(13-22(23)32)35-28(41)21-14-38(16(2)3)30(43)39(29(21)42)20-8-5-17(31)6-9-20/h5-14,16,18,40H,4,15H2,1-3H3,(H,35,41)(H2,33,34,36,37)/t18-/m0/s1. The summed E-state index contributed by atoms with van der Waals surface area (Å²) in [6.07, 6.45) is 3.23. The summed E-state index contributed by atoms with van der Waals surface area (Å²) in [6.45, 7) is 5.17. The Kier molecular flexibility index (Phi) is 8.53. The number of aliphatic hydroxyl groups is 1. The second-order valence-corrected chi connectivity index (χ2v) is 10.2. The number of halogens is 2. The second kappa shape index (κ2) is 12.5. The molecule has 0 radical (unpaired) electrons. The molecule has 0 unspecified atom stereocenters. The van der Waals surface area contributed by atoms with Crippen molar-refractivity contribution in [2.45, 2.75) is 39.3 Å². The van der Waals surface area contributed by atoms with E-state index in [1.807, 2.05) is 6.92 Å². The number of nitrogens with one attached hydrogen (secondary N) is 3. The number of ether oxygens (including phenoxy) is 1. The highest BCUT2D eigenvalue weighted by molar-refractivity contribution is 6.04. The molecule has 0 bridgehead atoms. The molecule has 5 rings (SSSR count). The molecule has 3 aromatic heterocycles. The summed E-state index contributed by atoms with van der Waals surface area (Å²) in [5.74, 6) is -1.80. The molecule has 5 aromatic rings. The van der Waals surface area contributed by atoms with E-state index in [4.69, 9.17) is 4.74 Å². The van der Waals surface area contributed by atoms with Crippen molar-refractivity contribution in [3.63, 3.8) is 0 Å². The van der Waals surface area contributed by atoms with E-state index < -0.39 is 34.8 Å². The number of amides is 1. The van der Waals surface area contributed by atoms with Gasteiger partial charge in [0.25, 0.3) is 11.5 Å². The molecule has 1 atom stereocenters. The third-order valence-electron chi connectivity index (χ3n) is 6.89. The molecule has 44 heavy (non-hydrogen) atoms. The summed E-state index contributed by atoms with van der Waals surface area (Å²) in [5.41, 5.74) is -1.51. The Hall–Kier alpha value is -5.37. The van der Waals surface area contributed by atoms with Crippen molar-refractivity contribution in [2.75, 3.05) is 17.2 Å². The van der Waals surface area contributed by atoms with E-state index in [1.165, 1.54) is 41.1 Å². The number of hydrogen-bond acceptors (Lipinski definition) is 8. The van der Waals surface area contributed by atoms with Crippen molar-refractivity contribution in [3.05, 3.63) is 99.0 Å². The lowest BCUT2D eigenvalue weighted by molar-refractivity contribution is 0.102. The Bertz CT molecular complexity index is 1950. The first-order chi connectivity index (χ1) is 21.1. The SMILES string of the molecule is CC[C@@H](CO)Nc1n[nH]c2nccc(Oc3ccc(NC(=O)c4cn(C(C)C)c(=O)n(-c5ccc(F)cc5)c4=O)cc3F)c12. The Morgan fingerprint density at radius 1 is 1.09 bits per heavy atom. The fourth-order valence-electron chi connectivity index (χ4n) is 4.48. The molecule has 0 fully saturated rings. The Balaban J connectivity index is 1.43. The van der Waals surface area contributed by atoms with Gasteiger partial charge in [-0.05, 0) is 56.7 Å². The molecule has 0 spiro atoms. The maximum absolute atomic E-state index is 15.2. The Labute approximate surface area is 249 Å². The van der Waals surface area contributed by atoms with E-state index in [0.717, 1.165) is 29.0 Å². The van der Waals surface area contributed by atoms with Gasteiger partial charge in [-0.15, -0.1) is 0 Å². The van der Waals surface area contributed by atoms with E-state index in [2.05, 4.69) is 25.8 Å². The molecule has 14 heteroatoms. The first kappa shape index (κ1) is 30.1. The van der Waals surface area contributed by atoms with Gasteiger partial charge in [0.15, 0.2) is 23.0 Å². The van der Waals surface area contributed by atoms with Crippen LogP contribution in [0.25, 0.3) is 16.7 Å². The fraction of sp³-hybridized carbons (Fsp3) is 0.233. The minimum atomic E-state index is -0.922. The smallest absolute Gasteiger partial charge is 0.335 e. The topological polar surface area (TPSA) is 156 Å². The summed E-state index contributed by atoms with van der Waals surface area (Å²) in [7, 11) is 0. The quantitative estimate of drug-likeness (QED) is 0.183. The predicted octanol–water partition coefficient (Wildman–Crippen LogP) is 4.36. The Morgan fingerprint density at radius 2 is 1.84 bits per heavy atom. The lowest BCUT2D eigenvalue weighted by atomic mass is 10.2. The van der Waals surface area contributed by atoms with E-state index in [1.54, 1.807) is 13.8 Å². The molecule has 12 nitrogen and oxygen atoms in total. The highest BCUT2D eigenvalue weighted by Crippen LogP contribution is 2.34. The second-order valence-electron chi connectivity index (χ2n) is 10.2. The number of hydrogen-bond donors (Lipinski definition) is 4. The molecular weight excluding hydrogens is 576 g/mol. The monoisotopic (exact) mass is 605 g/mol. The summed E-state index contributed by atoms with van der Waals surface area (Å²) >= 11 is 0. The van der Waals surface area contributed by atoms with Gasteiger partial charge in [-0.1, -0.05) is 6.92 Å². The van der Waals surface area contributed by atoms with Crippen LogP contribution in [0.3, 0.4) is 0 Å². The van der Waals surface area contributed by atoms with E-state index >= 15 is 4.39 Å². The van der Waals surface area contributed by atoms with Gasteiger partial charge >= 0.3 is 5.69 Å². The van der Waals surface area contributed by atoms with Crippen molar-refractivity contribution < 1.29 is 23.4 Å². The van der Waals surface area contributed by atoms with Crippen LogP contribution in [0.15, 0.2) is 70.5 Å². The van der Waals surface area contributed by atoms with Gasteiger partial charge in [0.1, 0.15) is 22.5 Å². The van der Waals surface area contributed by atoms with Crippen LogP contribution >= 0.6 is 0 Å². The lowest BCUT2D eigenvalue weighted by Gasteiger charge is -2.16. The van der Waals surface area contributed by atoms with Crippen LogP contribution in [0.1, 0.15) is 43.6 Å². The first-order valence-electron chi connectivity index (χ1n) is 13.7. The van der Waals surface area contributed by atoms with Crippen molar-refractivity contribution in [3.8, 4) is 17.2 Å². The number of aliphatic hydroxyl groups excluding tert-OH is 1. The predicted molar refractivity (Wildman–Crippen MR) is 160 cm³/mol. The number of pyridine rings is 1. The Morgan fingerprint density at radius 3 is 2.50 bits per heavy atom. The van der Waals surface area contributed by atoms with Gasteiger partial charge in [0.05, 0.1) is 18.3 Å². The van der Waals surface area contributed by atoms with Crippen LogP contribution in [-0.4, -0.2) is 48.0 Å². The van der Waals surface area contributed by atoms with Crippen molar-refractivity contribution >= 4 is 28.4 Å². The number of anilines is 2. The van der Waals surface area contributed by atoms with Gasteiger partial charge in [-0.3, -0.25) is 19.3 Å². The number of rotatable bonds is 10. The van der Waals surface area contributed by atoms with Crippen LogP contribution < -0.4 is 26.6 Å². The molecule has 3 heterocycles. The number of aromatic nitrogens is 5. The molecule has 0 aliphatic heterocycles. The highest BCUT2D eigenvalue weighted by atomic mass is 19.1. The molecule has 0 saturated carbocycles. The van der Waals surface area contributed by atoms with Crippen LogP contribution in [0.4, 0.5) is 20.3 Å². The van der Waals surface area contributed by atoms with Gasteiger partial charge in [-0.25, -0.2) is 23.1 Å². The molecule has 0 aliphatic rings. The normalized spacial score (nSPS) is 12.0. The summed E-state index contributed by atoms with van der Waals surface area (Å²) in [6, 6.07) is 9.27. The van der Waals surface area contributed by atoms with Gasteiger partial charge in [0.2, 0.25) is 0 Å². The van der Waals surface area contributed by atoms with E-state index in [9.17, 15) is 23.9 Å². The minimum Gasteiger partial charge on any atom is -0.453 e. The number of nitrogens with zero attached hydrogens (tertiary/aromatic N) is 4. The van der Waals surface area contributed by atoms with E-state index in [-0.39, 0.29) is 41.1 Å². The zero-order chi connectivity index (χ0) is 31.5. The van der Waals surface area contributed by atoms with Crippen LogP contribution in [-0.2, 0) is 0 Å². The maximum atomic E-state index is 15.2. The number of fused-ring (bicyclic) bond motifs is 1. The average Bonchev–Trinajstić information content (AvgIpc) is 3.41. The van der Waals surface area contributed by atoms with Gasteiger partial charge in [0, 0.05) is 36.3 Å². The molecule has 1 amide bonds. The molecule has 0 aliphatic carbocycles. The number of carbonyl (C=O) groups is 1. The molecular formula is C30H29F2N7O5. The van der Waals surface area contributed by atoms with Crippen LogP contribution in [0.2, 0.25) is 0 Å². The number of H-pyrrole nitrogens is 1. The summed E-state index contributed by atoms with van der Waals surface area (Å²) < 4.78 is 36.6. The first-order valence-corrected chi connectivity index (χ1v) is 13.7. The zero-order valence-electron chi connectivity index (χ0n) is 24.0. The molecule has 4 N–H and O–H groups in total. The van der Waals surface area contributed by atoms with Crippen molar-refractivity contribution in [1.29, 1.82) is 0 Å². The molecule has 228 valence electrons. The highest BCUT2D eigenvalue weighted by Gasteiger charge is 2.21. The average molecular weight is 606 g/mol. The van der Waals surface area contributed by atoms with Gasteiger partial charge < -0.3 is 20.5 Å². The number of carbonyl (C=O) groups excluding carboxylic acids is 1. The zero-order valence-corrected chi connectivity index (χ0v) is 24.0. The minimum absolute atomic E-state index is 0.0224. The third kappa shape index (κ3) is 5.92. The summed E-state index contributed by atoms with van der Waals surface area (Å²) in [5, 5.41) is 22.6. The van der Waals surface area contributed by atoms with Crippen molar-refractivity contribution in [1.82, 2.24) is 24.3 Å². The maximum Gasteiger partial charge on any atom is 0.335 e. The third-order valence-corrected chi connectivity index (χ3v) is 6.89. The molecule has 2 aromatic carbocycles. The van der Waals surface area contributed by atoms with Crippen LogP contribution in [0, 0.1) is 11.6 Å².